The first-order chi connectivity index (χ1) is 14.0. The highest BCUT2D eigenvalue weighted by Crippen LogP contribution is 2.43. The van der Waals surface area contributed by atoms with Crippen molar-refractivity contribution in [1.29, 1.82) is 0 Å². The lowest BCUT2D eigenvalue weighted by molar-refractivity contribution is 0.100. The zero-order valence-corrected chi connectivity index (χ0v) is 17.9. The molecule has 1 saturated carbocycles. The predicted octanol–water partition coefficient (Wildman–Crippen LogP) is 4.71. The lowest BCUT2D eigenvalue weighted by atomic mass is 9.95. The maximum absolute atomic E-state index is 11.9. The molecule has 3 N–H and O–H groups in total. The summed E-state index contributed by atoms with van der Waals surface area (Å²) in [4.78, 5) is 13.8. The van der Waals surface area contributed by atoms with Crippen LogP contribution in [0.1, 0.15) is 42.5 Å². The number of nitrogens with two attached hydrogens (primary N) is 1. The first kappa shape index (κ1) is 21.2. The zero-order valence-electron chi connectivity index (χ0n) is 17.1. The molecule has 0 aromatic heterocycles. The van der Waals surface area contributed by atoms with Crippen molar-refractivity contribution in [2.45, 2.75) is 47.9 Å². The molecule has 0 saturated heterocycles. The fraction of sp³-hybridized carbons (Fsp3) is 0.409. The Bertz CT molecular complexity index is 841. The molecule has 3 rings (SSSR count). The maximum atomic E-state index is 11.9. The minimum Gasteiger partial charge on any atom is -0.493 e. The Morgan fingerprint density at radius 3 is 2.17 bits per heavy atom. The van der Waals surface area contributed by atoms with E-state index in [2.05, 4.69) is 5.32 Å². The number of primary amides is 1. The molecular weight excluding hydrogens is 388 g/mol. The summed E-state index contributed by atoms with van der Waals surface area (Å²) in [5.74, 6) is 1.34. The number of rotatable bonds is 8. The van der Waals surface area contributed by atoms with Crippen LogP contribution in [0.15, 0.2) is 40.1 Å². The van der Waals surface area contributed by atoms with Crippen molar-refractivity contribution in [2.75, 3.05) is 26.6 Å². The van der Waals surface area contributed by atoms with Crippen molar-refractivity contribution in [3.63, 3.8) is 0 Å². The molecule has 1 fully saturated rings. The minimum atomic E-state index is -0.423. The third-order valence-electron chi connectivity index (χ3n) is 5.10. The number of nitrogens with one attached hydrogen (secondary N) is 1. The van der Waals surface area contributed by atoms with Gasteiger partial charge in [0.15, 0.2) is 11.5 Å². The molecule has 2 aromatic carbocycles. The molecule has 0 spiro atoms. The van der Waals surface area contributed by atoms with Gasteiger partial charge in [-0.2, -0.15) is 0 Å². The van der Waals surface area contributed by atoms with Gasteiger partial charge in [0.1, 0.15) is 0 Å². The van der Waals surface area contributed by atoms with E-state index in [0.717, 1.165) is 28.3 Å². The van der Waals surface area contributed by atoms with E-state index >= 15 is 0 Å². The van der Waals surface area contributed by atoms with Crippen molar-refractivity contribution in [3.05, 3.63) is 35.9 Å². The van der Waals surface area contributed by atoms with Gasteiger partial charge in [0.2, 0.25) is 5.75 Å². The smallest absolute Gasteiger partial charge is 0.250 e. The van der Waals surface area contributed by atoms with Crippen LogP contribution in [0, 0.1) is 0 Å². The third-order valence-corrected chi connectivity index (χ3v) is 6.06. The lowest BCUT2D eigenvalue weighted by Gasteiger charge is -2.25. The molecule has 29 heavy (non-hydrogen) atoms. The number of anilines is 1. The molecule has 1 amide bonds. The van der Waals surface area contributed by atoms with E-state index in [4.69, 9.17) is 19.9 Å². The number of ether oxygens (including phenoxy) is 3. The Balaban J connectivity index is 1.89. The number of carbonyl (C=O) groups excluding carboxylic acids is 1. The van der Waals surface area contributed by atoms with E-state index in [-0.39, 0.29) is 0 Å². The Morgan fingerprint density at radius 2 is 1.62 bits per heavy atom. The number of amides is 1. The Morgan fingerprint density at radius 1 is 0.966 bits per heavy atom. The van der Waals surface area contributed by atoms with Crippen LogP contribution >= 0.6 is 11.8 Å². The zero-order chi connectivity index (χ0) is 20.8. The van der Waals surface area contributed by atoms with Gasteiger partial charge >= 0.3 is 0 Å². The highest BCUT2D eigenvalue weighted by molar-refractivity contribution is 7.99. The van der Waals surface area contributed by atoms with Gasteiger partial charge in [-0.3, -0.25) is 4.79 Å². The van der Waals surface area contributed by atoms with Crippen molar-refractivity contribution >= 4 is 23.4 Å². The molecule has 1 aliphatic carbocycles. The Kier molecular flexibility index (Phi) is 7.14. The van der Waals surface area contributed by atoms with Crippen LogP contribution in [-0.2, 0) is 0 Å². The molecular formula is C22H28N2O4S. The predicted molar refractivity (Wildman–Crippen MR) is 116 cm³/mol. The number of carbonyl (C=O) groups is 1. The molecule has 0 bridgehead atoms. The molecule has 6 nitrogen and oxygen atoms in total. The van der Waals surface area contributed by atoms with E-state index < -0.39 is 5.91 Å². The van der Waals surface area contributed by atoms with Crippen LogP contribution in [0.2, 0.25) is 0 Å². The van der Waals surface area contributed by atoms with Crippen molar-refractivity contribution in [2.24, 2.45) is 5.73 Å². The van der Waals surface area contributed by atoms with Gasteiger partial charge in [0.05, 0.1) is 26.9 Å². The van der Waals surface area contributed by atoms with E-state index in [1.165, 1.54) is 19.3 Å². The van der Waals surface area contributed by atoms with Gasteiger partial charge in [-0.25, -0.2) is 0 Å². The topological polar surface area (TPSA) is 82.8 Å². The van der Waals surface area contributed by atoms with Gasteiger partial charge in [-0.1, -0.05) is 31.0 Å². The second-order valence-electron chi connectivity index (χ2n) is 7.01. The highest BCUT2D eigenvalue weighted by Gasteiger charge is 2.18. The molecule has 156 valence electrons. The fourth-order valence-corrected chi connectivity index (χ4v) is 4.56. The molecule has 1 aliphatic rings. The molecule has 7 heteroatoms. The van der Waals surface area contributed by atoms with Crippen LogP contribution in [0.3, 0.4) is 0 Å². The quantitative estimate of drug-likeness (QED) is 0.649. The van der Waals surface area contributed by atoms with Crippen LogP contribution in [-0.4, -0.2) is 33.3 Å². The molecule has 0 unspecified atom stereocenters. The summed E-state index contributed by atoms with van der Waals surface area (Å²) < 4.78 is 16.3. The Hall–Kier alpha value is -2.54. The van der Waals surface area contributed by atoms with E-state index in [1.54, 1.807) is 39.2 Å². The largest absolute Gasteiger partial charge is 0.493 e. The van der Waals surface area contributed by atoms with Crippen LogP contribution in [0.25, 0.3) is 0 Å². The molecule has 0 heterocycles. The summed E-state index contributed by atoms with van der Waals surface area (Å²) >= 11 is 1.55. The molecule has 0 atom stereocenters. The van der Waals surface area contributed by atoms with Crippen molar-refractivity contribution < 1.29 is 19.0 Å². The van der Waals surface area contributed by atoms with Gasteiger partial charge < -0.3 is 25.3 Å². The standard InChI is InChI=1S/C22H28N2O4S/c1-26-19-12-16(13-20(27-2)21(19)28-3)29-15-9-10-17(22(23)25)18(11-15)24-14-7-5-4-6-8-14/h9-14,24H,4-8H2,1-3H3,(H2,23,25). The van der Waals surface area contributed by atoms with Crippen LogP contribution < -0.4 is 25.3 Å². The van der Waals surface area contributed by atoms with Crippen LogP contribution in [0.4, 0.5) is 5.69 Å². The van der Waals surface area contributed by atoms with Crippen molar-refractivity contribution in [1.82, 2.24) is 0 Å². The van der Waals surface area contributed by atoms with Gasteiger partial charge in [-0.05, 0) is 43.2 Å². The van der Waals surface area contributed by atoms with E-state index in [9.17, 15) is 4.79 Å². The molecule has 0 radical (unpaired) electrons. The average Bonchev–Trinajstić information content (AvgIpc) is 2.73. The minimum absolute atomic E-state index is 0.378. The highest BCUT2D eigenvalue weighted by atomic mass is 32.2. The summed E-state index contributed by atoms with van der Waals surface area (Å²) in [7, 11) is 4.78. The summed E-state index contributed by atoms with van der Waals surface area (Å²) in [6.07, 6.45) is 5.93. The SMILES string of the molecule is COc1cc(Sc2ccc(C(N)=O)c(NC3CCCCC3)c2)cc(OC)c1OC. The summed E-state index contributed by atoms with van der Waals surface area (Å²) in [5.41, 5.74) is 6.91. The second-order valence-corrected chi connectivity index (χ2v) is 8.16. The average molecular weight is 417 g/mol. The summed E-state index contributed by atoms with van der Waals surface area (Å²) in [6, 6.07) is 9.87. The normalized spacial score (nSPS) is 14.3. The summed E-state index contributed by atoms with van der Waals surface area (Å²) in [6.45, 7) is 0. The first-order valence-electron chi connectivity index (χ1n) is 9.74. The monoisotopic (exact) mass is 416 g/mol. The van der Waals surface area contributed by atoms with Gasteiger partial charge in [-0.15, -0.1) is 0 Å². The second kappa shape index (κ2) is 9.78. The number of hydrogen-bond donors (Lipinski definition) is 2. The molecule has 2 aromatic rings. The van der Waals surface area contributed by atoms with Gasteiger partial charge in [0, 0.05) is 21.5 Å². The summed E-state index contributed by atoms with van der Waals surface area (Å²) in [5, 5.41) is 3.54. The number of benzene rings is 2. The maximum Gasteiger partial charge on any atom is 0.250 e. The fourth-order valence-electron chi connectivity index (χ4n) is 3.64. The lowest BCUT2D eigenvalue weighted by Crippen LogP contribution is -2.24. The van der Waals surface area contributed by atoms with E-state index in [1.807, 2.05) is 24.3 Å². The first-order valence-corrected chi connectivity index (χ1v) is 10.6. The van der Waals surface area contributed by atoms with Crippen LogP contribution in [0.5, 0.6) is 17.2 Å². The number of methoxy groups -OCH3 is 3. The number of hydrogen-bond acceptors (Lipinski definition) is 6. The third kappa shape index (κ3) is 5.09. The van der Waals surface area contributed by atoms with E-state index in [0.29, 0.717) is 28.9 Å². The van der Waals surface area contributed by atoms with Crippen molar-refractivity contribution in [3.8, 4) is 17.2 Å². The van der Waals surface area contributed by atoms with Gasteiger partial charge in [0.25, 0.3) is 5.91 Å². The molecule has 0 aliphatic heterocycles. The Labute approximate surface area is 176 Å².